The monoisotopic (exact) mass is 545 g/mol. The number of anilines is 1. The fourth-order valence-electron chi connectivity index (χ4n) is 4.35. The van der Waals surface area contributed by atoms with Gasteiger partial charge >= 0.3 is 0 Å². The summed E-state index contributed by atoms with van der Waals surface area (Å²) in [7, 11) is 1.68. The van der Waals surface area contributed by atoms with E-state index in [1.807, 2.05) is 66.7 Å². The summed E-state index contributed by atoms with van der Waals surface area (Å²) in [5, 5.41) is 0. The average Bonchev–Trinajstić information content (AvgIpc) is 3.02. The summed E-state index contributed by atoms with van der Waals surface area (Å²) < 4.78 is 11.2. The van der Waals surface area contributed by atoms with Crippen molar-refractivity contribution in [1.29, 1.82) is 0 Å². The highest BCUT2D eigenvalue weighted by atomic mass is 16.5. The topological polar surface area (TPSA) is 21.7 Å². The third-order valence-electron chi connectivity index (χ3n) is 6.55. The SMILES string of the molecule is COCC#CCCCCCCCCCCOc1ccccc1N(CC#Cc1ccccc1)CC#Cc1ccccc1. The third-order valence-corrected chi connectivity index (χ3v) is 6.55. The number of rotatable bonds is 15. The maximum atomic E-state index is 6.29. The Bertz CT molecular complexity index is 1240. The summed E-state index contributed by atoms with van der Waals surface area (Å²) in [6.45, 7) is 2.40. The number of unbranched alkanes of at least 4 members (excludes halogenated alkanes) is 8. The minimum absolute atomic E-state index is 0.542. The van der Waals surface area contributed by atoms with Crippen molar-refractivity contribution in [3.8, 4) is 41.3 Å². The molecule has 3 nitrogen and oxygen atoms in total. The molecule has 0 aromatic heterocycles. The van der Waals surface area contributed by atoms with Crippen LogP contribution in [0.25, 0.3) is 0 Å². The first-order valence-electron chi connectivity index (χ1n) is 14.9. The second-order valence-electron chi connectivity index (χ2n) is 9.87. The van der Waals surface area contributed by atoms with Gasteiger partial charge in [-0.15, -0.1) is 5.92 Å². The number of methoxy groups -OCH3 is 1. The number of ether oxygens (including phenoxy) is 2. The molecule has 0 bridgehead atoms. The van der Waals surface area contributed by atoms with E-state index < -0.39 is 0 Å². The molecule has 3 heteroatoms. The fraction of sp³-hybridized carbons (Fsp3) is 0.368. The second-order valence-corrected chi connectivity index (χ2v) is 9.87. The zero-order valence-corrected chi connectivity index (χ0v) is 24.5. The van der Waals surface area contributed by atoms with Gasteiger partial charge in [-0.3, -0.25) is 0 Å². The molecule has 0 radical (unpaired) electrons. The van der Waals surface area contributed by atoms with Crippen LogP contribution in [-0.2, 0) is 4.74 Å². The molecule has 0 aliphatic rings. The van der Waals surface area contributed by atoms with Gasteiger partial charge in [0.2, 0.25) is 0 Å². The van der Waals surface area contributed by atoms with Crippen molar-refractivity contribution in [3.63, 3.8) is 0 Å². The molecule has 0 aliphatic carbocycles. The number of hydrogen-bond acceptors (Lipinski definition) is 3. The molecule has 0 N–H and O–H groups in total. The van der Waals surface area contributed by atoms with Crippen molar-refractivity contribution in [2.75, 3.05) is 38.3 Å². The highest BCUT2D eigenvalue weighted by molar-refractivity contribution is 5.60. The Morgan fingerprint density at radius 1 is 0.561 bits per heavy atom. The van der Waals surface area contributed by atoms with Gasteiger partial charge in [0.25, 0.3) is 0 Å². The van der Waals surface area contributed by atoms with E-state index in [1.165, 1.54) is 44.9 Å². The van der Waals surface area contributed by atoms with Crippen LogP contribution in [0.1, 0.15) is 68.9 Å². The molecule has 0 spiro atoms. The molecule has 3 aromatic carbocycles. The van der Waals surface area contributed by atoms with Crippen LogP contribution in [-0.4, -0.2) is 33.4 Å². The standard InChI is InChI=1S/C38H43NO2/c1-40-33-19-9-7-5-3-2-4-6-8-10-20-34-41-38-30-18-17-29-37(38)39(31-21-27-35-23-13-11-14-24-35)32-22-28-36-25-15-12-16-26-36/h11-18,23-26,29-30H,2-8,10,20,31-34H2,1H3. The number of para-hydroxylation sites is 2. The highest BCUT2D eigenvalue weighted by Crippen LogP contribution is 2.28. The summed E-state index contributed by atoms with van der Waals surface area (Å²) in [6, 6.07) is 28.4. The van der Waals surface area contributed by atoms with Crippen LogP contribution in [0.3, 0.4) is 0 Å². The van der Waals surface area contributed by atoms with E-state index in [9.17, 15) is 0 Å². The second kappa shape index (κ2) is 20.8. The third kappa shape index (κ3) is 13.7. The van der Waals surface area contributed by atoms with E-state index >= 15 is 0 Å². The van der Waals surface area contributed by atoms with Gasteiger partial charge < -0.3 is 14.4 Å². The van der Waals surface area contributed by atoms with Crippen LogP contribution < -0.4 is 9.64 Å². The van der Waals surface area contributed by atoms with Crippen molar-refractivity contribution in [2.24, 2.45) is 0 Å². The Hall–Kier alpha value is -4.10. The van der Waals surface area contributed by atoms with E-state index in [0.717, 1.165) is 42.0 Å². The van der Waals surface area contributed by atoms with Gasteiger partial charge in [-0.1, -0.05) is 117 Å². The minimum atomic E-state index is 0.542. The molecule has 0 saturated carbocycles. The molecular formula is C38H43NO2. The molecule has 0 unspecified atom stereocenters. The molecule has 0 amide bonds. The Morgan fingerprint density at radius 3 is 1.71 bits per heavy atom. The quantitative estimate of drug-likeness (QED) is 0.142. The zero-order valence-electron chi connectivity index (χ0n) is 24.5. The van der Waals surface area contributed by atoms with Crippen molar-refractivity contribution in [2.45, 2.75) is 57.8 Å². The summed E-state index contributed by atoms with van der Waals surface area (Å²) >= 11 is 0. The summed E-state index contributed by atoms with van der Waals surface area (Å²) in [5.74, 6) is 20.3. The Kier molecular flexibility index (Phi) is 15.9. The first kappa shape index (κ1) is 31.4. The van der Waals surface area contributed by atoms with Crippen LogP contribution in [0.5, 0.6) is 5.75 Å². The van der Waals surface area contributed by atoms with Crippen molar-refractivity contribution in [3.05, 3.63) is 96.1 Å². The van der Waals surface area contributed by atoms with E-state index in [1.54, 1.807) is 7.11 Å². The van der Waals surface area contributed by atoms with Gasteiger partial charge in [-0.2, -0.15) is 0 Å². The lowest BCUT2D eigenvalue weighted by molar-refractivity contribution is 0.239. The molecule has 0 fully saturated rings. The molecule has 0 aliphatic heterocycles. The summed E-state index contributed by atoms with van der Waals surface area (Å²) in [4.78, 5) is 2.20. The largest absolute Gasteiger partial charge is 0.491 e. The average molecular weight is 546 g/mol. The van der Waals surface area contributed by atoms with Crippen molar-refractivity contribution >= 4 is 5.69 Å². The number of nitrogens with zero attached hydrogens (tertiary/aromatic N) is 1. The smallest absolute Gasteiger partial charge is 0.142 e. The summed E-state index contributed by atoms with van der Waals surface area (Å²) in [5.41, 5.74) is 3.06. The molecule has 41 heavy (non-hydrogen) atoms. The lowest BCUT2D eigenvalue weighted by Crippen LogP contribution is -2.24. The maximum Gasteiger partial charge on any atom is 0.142 e. The molecular weight excluding hydrogens is 502 g/mol. The molecule has 3 aromatic rings. The van der Waals surface area contributed by atoms with Gasteiger partial charge in [0.15, 0.2) is 0 Å². The van der Waals surface area contributed by atoms with E-state index in [2.05, 4.69) is 58.6 Å². The van der Waals surface area contributed by atoms with E-state index in [-0.39, 0.29) is 0 Å². The molecule has 3 rings (SSSR count). The van der Waals surface area contributed by atoms with Gasteiger partial charge in [-0.25, -0.2) is 0 Å². The zero-order chi connectivity index (χ0) is 28.6. The van der Waals surface area contributed by atoms with E-state index in [4.69, 9.17) is 9.47 Å². The highest BCUT2D eigenvalue weighted by Gasteiger charge is 2.10. The number of hydrogen-bond donors (Lipinski definition) is 0. The molecule has 0 saturated heterocycles. The molecule has 0 heterocycles. The van der Waals surface area contributed by atoms with Gasteiger partial charge in [0, 0.05) is 24.7 Å². The Labute approximate surface area is 248 Å². The van der Waals surface area contributed by atoms with Gasteiger partial charge in [0.05, 0.1) is 25.4 Å². The van der Waals surface area contributed by atoms with Crippen LogP contribution in [0.2, 0.25) is 0 Å². The van der Waals surface area contributed by atoms with Crippen molar-refractivity contribution < 1.29 is 9.47 Å². The van der Waals surface area contributed by atoms with Crippen LogP contribution in [0, 0.1) is 35.5 Å². The van der Waals surface area contributed by atoms with E-state index in [0.29, 0.717) is 19.7 Å². The maximum absolute atomic E-state index is 6.29. The Morgan fingerprint density at radius 2 is 1.10 bits per heavy atom. The summed E-state index contributed by atoms with van der Waals surface area (Å²) in [6.07, 6.45) is 10.8. The van der Waals surface area contributed by atoms with Crippen molar-refractivity contribution in [1.82, 2.24) is 0 Å². The lowest BCUT2D eigenvalue weighted by atomic mass is 10.1. The first-order chi connectivity index (χ1) is 20.4. The lowest BCUT2D eigenvalue weighted by Gasteiger charge is -2.23. The predicted octanol–water partition coefficient (Wildman–Crippen LogP) is 8.14. The number of benzene rings is 3. The molecule has 0 atom stereocenters. The Balaban J connectivity index is 1.47. The predicted molar refractivity (Wildman–Crippen MR) is 172 cm³/mol. The van der Waals surface area contributed by atoms with Gasteiger partial charge in [0.1, 0.15) is 12.4 Å². The minimum Gasteiger partial charge on any atom is -0.491 e. The first-order valence-corrected chi connectivity index (χ1v) is 14.9. The van der Waals surface area contributed by atoms with Crippen LogP contribution >= 0.6 is 0 Å². The van der Waals surface area contributed by atoms with Gasteiger partial charge in [-0.05, 0) is 49.2 Å². The van der Waals surface area contributed by atoms with Crippen LogP contribution in [0.15, 0.2) is 84.9 Å². The molecule has 212 valence electrons. The van der Waals surface area contributed by atoms with Crippen LogP contribution in [0.4, 0.5) is 5.69 Å². The fourth-order valence-corrected chi connectivity index (χ4v) is 4.35. The normalized spacial score (nSPS) is 9.88.